The summed E-state index contributed by atoms with van der Waals surface area (Å²) < 4.78 is 1.80. The van der Waals surface area contributed by atoms with E-state index < -0.39 is 0 Å². The van der Waals surface area contributed by atoms with Gasteiger partial charge in [0, 0.05) is 18.5 Å². The van der Waals surface area contributed by atoms with Gasteiger partial charge in [0.05, 0.1) is 6.42 Å². The highest BCUT2D eigenvalue weighted by molar-refractivity contribution is 5.80. The number of rotatable bonds is 7. The van der Waals surface area contributed by atoms with Crippen LogP contribution in [0.5, 0.6) is 0 Å². The van der Waals surface area contributed by atoms with Gasteiger partial charge in [-0.05, 0) is 33.6 Å². The molecular weight excluding hydrogens is 216 g/mol. The zero-order valence-electron chi connectivity index (χ0n) is 10.9. The maximum absolute atomic E-state index is 11.7. The summed E-state index contributed by atoms with van der Waals surface area (Å²) in [7, 11) is 0. The van der Waals surface area contributed by atoms with Crippen molar-refractivity contribution in [2.75, 3.05) is 0 Å². The van der Waals surface area contributed by atoms with E-state index in [1.54, 1.807) is 4.68 Å². The summed E-state index contributed by atoms with van der Waals surface area (Å²) in [5.74, 6) is 0.964. The maximum atomic E-state index is 11.7. The average molecular weight is 238 g/mol. The lowest BCUT2D eigenvalue weighted by Gasteiger charge is -2.09. The van der Waals surface area contributed by atoms with Crippen LogP contribution in [0.4, 0.5) is 0 Å². The van der Waals surface area contributed by atoms with Crippen molar-refractivity contribution in [3.63, 3.8) is 0 Å². The van der Waals surface area contributed by atoms with Gasteiger partial charge >= 0.3 is 0 Å². The van der Waals surface area contributed by atoms with Crippen molar-refractivity contribution in [3.05, 3.63) is 12.2 Å². The molecule has 0 aliphatic carbocycles. The minimum Gasteiger partial charge on any atom is -0.328 e. The first-order valence-corrected chi connectivity index (χ1v) is 6.16. The molecule has 1 aromatic rings. The van der Waals surface area contributed by atoms with Crippen molar-refractivity contribution in [1.82, 2.24) is 14.8 Å². The van der Waals surface area contributed by atoms with E-state index in [0.29, 0.717) is 12.8 Å². The number of carbonyl (C=O) groups is 1. The molecule has 0 bridgehead atoms. The third-order valence-electron chi connectivity index (χ3n) is 2.61. The van der Waals surface area contributed by atoms with Crippen LogP contribution in [-0.4, -0.2) is 26.6 Å². The lowest BCUT2D eigenvalue weighted by atomic mass is 10.1. The highest BCUT2D eigenvalue weighted by atomic mass is 16.1. The molecule has 1 rings (SSSR count). The molecule has 0 amide bonds. The molecule has 1 atom stereocenters. The summed E-state index contributed by atoms with van der Waals surface area (Å²) in [4.78, 5) is 15.9. The topological polar surface area (TPSA) is 73.8 Å². The molecule has 0 saturated carbocycles. The molecule has 0 spiro atoms. The number of aromatic nitrogens is 3. The summed E-state index contributed by atoms with van der Waals surface area (Å²) in [5.41, 5.74) is 5.64. The van der Waals surface area contributed by atoms with Crippen LogP contribution in [0.25, 0.3) is 0 Å². The Morgan fingerprint density at radius 1 is 1.47 bits per heavy atom. The van der Waals surface area contributed by atoms with E-state index in [1.807, 2.05) is 20.8 Å². The van der Waals surface area contributed by atoms with Crippen LogP contribution in [0.15, 0.2) is 6.33 Å². The first kappa shape index (κ1) is 13.8. The second-order valence-corrected chi connectivity index (χ2v) is 4.80. The van der Waals surface area contributed by atoms with E-state index in [0.717, 1.165) is 18.7 Å². The van der Waals surface area contributed by atoms with Gasteiger partial charge < -0.3 is 5.73 Å². The molecule has 17 heavy (non-hydrogen) atoms. The van der Waals surface area contributed by atoms with Gasteiger partial charge in [0.2, 0.25) is 0 Å². The van der Waals surface area contributed by atoms with Crippen molar-refractivity contribution < 1.29 is 4.79 Å². The van der Waals surface area contributed by atoms with Crippen LogP contribution < -0.4 is 5.73 Å². The van der Waals surface area contributed by atoms with Crippen molar-refractivity contribution in [2.24, 2.45) is 5.73 Å². The molecular formula is C12H22N4O. The molecule has 0 saturated heterocycles. The molecule has 0 aliphatic heterocycles. The number of nitrogens with zero attached hydrogens (tertiary/aromatic N) is 3. The Bertz CT molecular complexity index is 357. The number of hydrogen-bond acceptors (Lipinski definition) is 4. The third kappa shape index (κ3) is 4.65. The SMILES string of the molecule is CC(N)CCCC(=O)Cc1ncnn1C(C)C. The molecule has 1 aromatic heterocycles. The van der Waals surface area contributed by atoms with E-state index in [1.165, 1.54) is 6.33 Å². The van der Waals surface area contributed by atoms with Gasteiger partial charge in [-0.25, -0.2) is 9.67 Å². The van der Waals surface area contributed by atoms with Crippen LogP contribution in [0.2, 0.25) is 0 Å². The predicted octanol–water partition coefficient (Wildman–Crippen LogP) is 1.49. The van der Waals surface area contributed by atoms with Crippen LogP contribution in [-0.2, 0) is 11.2 Å². The molecule has 1 heterocycles. The monoisotopic (exact) mass is 238 g/mol. The summed E-state index contributed by atoms with van der Waals surface area (Å²) >= 11 is 0. The van der Waals surface area contributed by atoms with Crippen molar-refractivity contribution in [3.8, 4) is 0 Å². The van der Waals surface area contributed by atoms with Gasteiger partial charge in [-0.3, -0.25) is 4.79 Å². The van der Waals surface area contributed by atoms with Crippen molar-refractivity contribution in [2.45, 2.75) is 58.5 Å². The highest BCUT2D eigenvalue weighted by Crippen LogP contribution is 2.08. The zero-order valence-corrected chi connectivity index (χ0v) is 10.9. The minimum absolute atomic E-state index is 0.169. The van der Waals surface area contributed by atoms with E-state index in [4.69, 9.17) is 5.73 Å². The fourth-order valence-electron chi connectivity index (χ4n) is 1.72. The van der Waals surface area contributed by atoms with E-state index in [-0.39, 0.29) is 17.9 Å². The highest BCUT2D eigenvalue weighted by Gasteiger charge is 2.12. The van der Waals surface area contributed by atoms with E-state index in [2.05, 4.69) is 10.1 Å². The Morgan fingerprint density at radius 3 is 2.76 bits per heavy atom. The number of carbonyl (C=O) groups excluding carboxylic acids is 1. The quantitative estimate of drug-likeness (QED) is 0.781. The van der Waals surface area contributed by atoms with Gasteiger partial charge in [0.15, 0.2) is 0 Å². The lowest BCUT2D eigenvalue weighted by Crippen LogP contribution is -2.16. The van der Waals surface area contributed by atoms with Crippen LogP contribution in [0, 0.1) is 0 Å². The van der Waals surface area contributed by atoms with E-state index in [9.17, 15) is 4.79 Å². The van der Waals surface area contributed by atoms with Gasteiger partial charge in [-0.15, -0.1) is 0 Å². The third-order valence-corrected chi connectivity index (χ3v) is 2.61. The van der Waals surface area contributed by atoms with Crippen molar-refractivity contribution >= 4 is 5.78 Å². The number of Topliss-reactive ketones (excluding diaryl/α,β-unsaturated/α-hetero) is 1. The fourth-order valence-corrected chi connectivity index (χ4v) is 1.72. The molecule has 0 fully saturated rings. The molecule has 0 aliphatic rings. The minimum atomic E-state index is 0.169. The summed E-state index contributed by atoms with van der Waals surface area (Å²) in [6, 6.07) is 0.409. The predicted molar refractivity (Wildman–Crippen MR) is 66.6 cm³/mol. The Balaban J connectivity index is 2.42. The Labute approximate surface area is 102 Å². The van der Waals surface area contributed by atoms with Gasteiger partial charge in [-0.1, -0.05) is 0 Å². The smallest absolute Gasteiger partial charge is 0.140 e. The average Bonchev–Trinajstić information content (AvgIpc) is 2.65. The first-order chi connectivity index (χ1) is 8.00. The van der Waals surface area contributed by atoms with Crippen LogP contribution >= 0.6 is 0 Å². The standard InChI is InChI=1S/C12H22N4O/c1-9(2)16-12(14-8-15-16)7-11(17)6-4-5-10(3)13/h8-10H,4-7,13H2,1-3H3. The Hall–Kier alpha value is -1.23. The van der Waals surface area contributed by atoms with Crippen LogP contribution in [0.3, 0.4) is 0 Å². The Morgan fingerprint density at radius 2 is 2.18 bits per heavy atom. The summed E-state index contributed by atoms with van der Waals surface area (Å²) in [5, 5.41) is 4.11. The Kier molecular flexibility index (Phi) is 5.28. The molecule has 0 radical (unpaired) electrons. The largest absolute Gasteiger partial charge is 0.328 e. The van der Waals surface area contributed by atoms with Gasteiger partial charge in [0.1, 0.15) is 17.9 Å². The maximum Gasteiger partial charge on any atom is 0.140 e. The number of nitrogens with two attached hydrogens (primary N) is 1. The molecule has 96 valence electrons. The molecule has 1 unspecified atom stereocenters. The summed E-state index contributed by atoms with van der Waals surface area (Å²) in [6.07, 6.45) is 4.20. The van der Waals surface area contributed by atoms with Crippen LogP contribution in [0.1, 0.15) is 51.9 Å². The summed E-state index contributed by atoms with van der Waals surface area (Å²) in [6.45, 7) is 6.01. The first-order valence-electron chi connectivity index (χ1n) is 6.16. The van der Waals surface area contributed by atoms with Gasteiger partial charge in [0.25, 0.3) is 0 Å². The fraction of sp³-hybridized carbons (Fsp3) is 0.750. The molecule has 2 N–H and O–H groups in total. The normalized spacial score (nSPS) is 13.0. The lowest BCUT2D eigenvalue weighted by molar-refractivity contribution is -0.118. The second kappa shape index (κ2) is 6.49. The van der Waals surface area contributed by atoms with Gasteiger partial charge in [-0.2, -0.15) is 5.10 Å². The molecule has 5 heteroatoms. The second-order valence-electron chi connectivity index (χ2n) is 4.80. The molecule has 0 aromatic carbocycles. The molecule has 5 nitrogen and oxygen atoms in total. The number of ketones is 1. The van der Waals surface area contributed by atoms with E-state index >= 15 is 0 Å². The van der Waals surface area contributed by atoms with Crippen molar-refractivity contribution in [1.29, 1.82) is 0 Å². The number of hydrogen-bond donors (Lipinski definition) is 1. The zero-order chi connectivity index (χ0) is 12.8.